The van der Waals surface area contributed by atoms with Gasteiger partial charge < -0.3 is 9.47 Å². The summed E-state index contributed by atoms with van der Waals surface area (Å²) in [5.41, 5.74) is 2.03. The van der Waals surface area contributed by atoms with Crippen molar-refractivity contribution in [1.82, 2.24) is 4.98 Å². The molecule has 5 nitrogen and oxygen atoms in total. The highest BCUT2D eigenvalue weighted by atomic mass is 16.5. The number of hydrogen-bond acceptors (Lipinski definition) is 5. The summed E-state index contributed by atoms with van der Waals surface area (Å²) in [6.45, 7) is 0. The SMILES string of the molecule is COC(=O)c1ccncc1-c1cc(C#N)ccc1OC. The molecule has 0 aliphatic rings. The number of carbonyl (C=O) groups is 1. The standard InChI is InChI=1S/C15H12N2O3/c1-19-14-4-3-10(8-16)7-12(14)13-9-17-6-5-11(13)15(18)20-2/h3-7,9H,1-2H3. The van der Waals surface area contributed by atoms with Gasteiger partial charge in [-0.15, -0.1) is 0 Å². The normalized spacial score (nSPS) is 9.65. The molecule has 1 aromatic heterocycles. The minimum Gasteiger partial charge on any atom is -0.496 e. The van der Waals surface area contributed by atoms with E-state index < -0.39 is 5.97 Å². The molecule has 0 aliphatic heterocycles. The van der Waals surface area contributed by atoms with Crippen LogP contribution >= 0.6 is 0 Å². The fraction of sp³-hybridized carbons (Fsp3) is 0.133. The Labute approximate surface area is 116 Å². The summed E-state index contributed by atoms with van der Waals surface area (Å²) >= 11 is 0. The molecule has 0 saturated heterocycles. The molecule has 0 amide bonds. The van der Waals surface area contributed by atoms with E-state index in [1.165, 1.54) is 20.4 Å². The summed E-state index contributed by atoms with van der Waals surface area (Å²) in [5.74, 6) is 0.0916. The van der Waals surface area contributed by atoms with Crippen LogP contribution in [0.2, 0.25) is 0 Å². The van der Waals surface area contributed by atoms with Crippen LogP contribution in [0.25, 0.3) is 11.1 Å². The minimum absolute atomic E-state index is 0.371. The van der Waals surface area contributed by atoms with Crippen LogP contribution in [-0.4, -0.2) is 25.2 Å². The second kappa shape index (κ2) is 5.85. The Morgan fingerprint density at radius 2 is 2.05 bits per heavy atom. The summed E-state index contributed by atoms with van der Waals surface area (Å²) in [5, 5.41) is 9.00. The van der Waals surface area contributed by atoms with Crippen molar-refractivity contribution in [3.05, 3.63) is 47.8 Å². The van der Waals surface area contributed by atoms with Gasteiger partial charge in [-0.25, -0.2) is 4.79 Å². The molecule has 1 aromatic carbocycles. The molecule has 0 aliphatic carbocycles. The molecule has 100 valence electrons. The van der Waals surface area contributed by atoms with Gasteiger partial charge in [-0.1, -0.05) is 0 Å². The highest BCUT2D eigenvalue weighted by molar-refractivity contribution is 5.97. The number of pyridine rings is 1. The van der Waals surface area contributed by atoms with E-state index in [1.54, 1.807) is 30.5 Å². The fourth-order valence-electron chi connectivity index (χ4n) is 1.89. The van der Waals surface area contributed by atoms with Crippen molar-refractivity contribution in [2.45, 2.75) is 0 Å². The predicted octanol–water partition coefficient (Wildman–Crippen LogP) is 2.42. The fourth-order valence-corrected chi connectivity index (χ4v) is 1.89. The van der Waals surface area contributed by atoms with E-state index in [9.17, 15) is 4.79 Å². The van der Waals surface area contributed by atoms with Gasteiger partial charge in [0.05, 0.1) is 31.4 Å². The number of ether oxygens (including phenoxy) is 2. The molecule has 5 heteroatoms. The summed E-state index contributed by atoms with van der Waals surface area (Å²) in [4.78, 5) is 15.8. The predicted molar refractivity (Wildman–Crippen MR) is 72.3 cm³/mol. The molecule has 0 unspecified atom stereocenters. The number of aromatic nitrogens is 1. The van der Waals surface area contributed by atoms with Crippen LogP contribution in [0.3, 0.4) is 0 Å². The third-order valence-corrected chi connectivity index (χ3v) is 2.85. The molecule has 0 radical (unpaired) electrons. The van der Waals surface area contributed by atoms with Gasteiger partial charge in [0.15, 0.2) is 0 Å². The van der Waals surface area contributed by atoms with Crippen LogP contribution in [0.1, 0.15) is 15.9 Å². The van der Waals surface area contributed by atoms with Crippen molar-refractivity contribution in [1.29, 1.82) is 5.26 Å². The average molecular weight is 268 g/mol. The highest BCUT2D eigenvalue weighted by Crippen LogP contribution is 2.32. The molecule has 20 heavy (non-hydrogen) atoms. The van der Waals surface area contributed by atoms with Gasteiger partial charge in [0.25, 0.3) is 0 Å². The van der Waals surface area contributed by atoms with E-state index in [0.29, 0.717) is 28.0 Å². The van der Waals surface area contributed by atoms with Crippen molar-refractivity contribution in [2.24, 2.45) is 0 Å². The van der Waals surface area contributed by atoms with Crippen LogP contribution in [0.5, 0.6) is 5.75 Å². The van der Waals surface area contributed by atoms with Gasteiger partial charge in [-0.05, 0) is 24.3 Å². The van der Waals surface area contributed by atoms with E-state index in [-0.39, 0.29) is 0 Å². The lowest BCUT2D eigenvalue weighted by Crippen LogP contribution is -2.04. The number of nitriles is 1. The van der Waals surface area contributed by atoms with Gasteiger partial charge in [0, 0.05) is 23.5 Å². The number of methoxy groups -OCH3 is 2. The van der Waals surface area contributed by atoms with E-state index in [1.807, 2.05) is 0 Å². The van der Waals surface area contributed by atoms with Crippen LogP contribution < -0.4 is 4.74 Å². The Morgan fingerprint density at radius 1 is 1.25 bits per heavy atom. The Balaban J connectivity index is 2.68. The first kappa shape index (κ1) is 13.6. The number of nitrogens with zero attached hydrogens (tertiary/aromatic N) is 2. The summed E-state index contributed by atoms with van der Waals surface area (Å²) < 4.78 is 10.0. The summed E-state index contributed by atoms with van der Waals surface area (Å²) in [6.07, 6.45) is 3.06. The largest absolute Gasteiger partial charge is 0.496 e. The van der Waals surface area contributed by atoms with Crippen molar-refractivity contribution in [3.63, 3.8) is 0 Å². The van der Waals surface area contributed by atoms with E-state index in [2.05, 4.69) is 11.1 Å². The number of hydrogen-bond donors (Lipinski definition) is 0. The molecular weight excluding hydrogens is 256 g/mol. The van der Waals surface area contributed by atoms with E-state index in [0.717, 1.165) is 0 Å². The lowest BCUT2D eigenvalue weighted by Gasteiger charge is -2.11. The quantitative estimate of drug-likeness (QED) is 0.799. The maximum atomic E-state index is 11.8. The zero-order valence-electron chi connectivity index (χ0n) is 11.1. The molecule has 0 atom stereocenters. The van der Waals surface area contributed by atoms with Crippen LogP contribution in [0.4, 0.5) is 0 Å². The Hall–Kier alpha value is -2.87. The molecule has 0 bridgehead atoms. The molecule has 0 fully saturated rings. The monoisotopic (exact) mass is 268 g/mol. The molecule has 1 heterocycles. The van der Waals surface area contributed by atoms with Gasteiger partial charge in [0.1, 0.15) is 5.75 Å². The van der Waals surface area contributed by atoms with Gasteiger partial charge in [-0.3, -0.25) is 4.98 Å². The summed E-state index contributed by atoms with van der Waals surface area (Å²) in [6, 6.07) is 8.61. The zero-order chi connectivity index (χ0) is 14.5. The smallest absolute Gasteiger partial charge is 0.338 e. The van der Waals surface area contributed by atoms with Gasteiger partial charge >= 0.3 is 5.97 Å². The number of rotatable bonds is 3. The lowest BCUT2D eigenvalue weighted by molar-refractivity contribution is 0.0601. The first-order valence-electron chi connectivity index (χ1n) is 5.82. The Bertz CT molecular complexity index is 690. The second-order valence-electron chi connectivity index (χ2n) is 3.94. The third-order valence-electron chi connectivity index (χ3n) is 2.85. The molecule has 2 rings (SSSR count). The number of carbonyl (C=O) groups excluding carboxylic acids is 1. The van der Waals surface area contributed by atoms with Crippen LogP contribution in [0.15, 0.2) is 36.7 Å². The van der Waals surface area contributed by atoms with Crippen LogP contribution in [-0.2, 0) is 4.74 Å². The first-order chi connectivity index (χ1) is 9.71. The summed E-state index contributed by atoms with van der Waals surface area (Å²) in [7, 11) is 2.84. The number of esters is 1. The molecular formula is C15H12N2O3. The Kier molecular flexibility index (Phi) is 3.96. The van der Waals surface area contributed by atoms with Crippen LogP contribution in [0, 0.1) is 11.3 Å². The molecule has 0 N–H and O–H groups in total. The average Bonchev–Trinajstić information content (AvgIpc) is 2.53. The maximum absolute atomic E-state index is 11.8. The first-order valence-corrected chi connectivity index (χ1v) is 5.82. The van der Waals surface area contributed by atoms with Crippen molar-refractivity contribution in [3.8, 4) is 22.9 Å². The van der Waals surface area contributed by atoms with E-state index >= 15 is 0 Å². The van der Waals surface area contributed by atoms with Crippen molar-refractivity contribution < 1.29 is 14.3 Å². The van der Waals surface area contributed by atoms with Gasteiger partial charge in [0.2, 0.25) is 0 Å². The lowest BCUT2D eigenvalue weighted by atomic mass is 9.99. The minimum atomic E-state index is -0.466. The Morgan fingerprint density at radius 3 is 2.70 bits per heavy atom. The molecule has 0 spiro atoms. The maximum Gasteiger partial charge on any atom is 0.338 e. The molecule has 2 aromatic rings. The van der Waals surface area contributed by atoms with E-state index in [4.69, 9.17) is 14.7 Å². The molecule has 0 saturated carbocycles. The van der Waals surface area contributed by atoms with Crippen molar-refractivity contribution >= 4 is 5.97 Å². The second-order valence-corrected chi connectivity index (χ2v) is 3.94. The highest BCUT2D eigenvalue weighted by Gasteiger charge is 2.16. The van der Waals surface area contributed by atoms with Crippen molar-refractivity contribution in [2.75, 3.05) is 14.2 Å². The topological polar surface area (TPSA) is 72.2 Å². The number of benzene rings is 1. The van der Waals surface area contributed by atoms with Gasteiger partial charge in [-0.2, -0.15) is 5.26 Å². The zero-order valence-corrected chi connectivity index (χ0v) is 11.1. The third kappa shape index (κ3) is 2.45.